The van der Waals surface area contributed by atoms with Crippen LogP contribution in [0.5, 0.6) is 0 Å². The number of nitrogens with one attached hydrogen (secondary N) is 1. The molecule has 0 aliphatic rings. The predicted octanol–water partition coefficient (Wildman–Crippen LogP) is 3.27. The average Bonchev–Trinajstić information content (AvgIpc) is 2.25. The third-order valence-corrected chi connectivity index (χ3v) is 2.16. The molecule has 0 atom stereocenters. The Morgan fingerprint density at radius 2 is 1.93 bits per heavy atom. The Hall–Kier alpha value is -1.42. The molecule has 0 bridgehead atoms. The first-order valence-corrected chi connectivity index (χ1v) is 5.17. The van der Waals surface area contributed by atoms with Crippen LogP contribution in [0, 0.1) is 12.3 Å². The van der Waals surface area contributed by atoms with Gasteiger partial charge in [0, 0.05) is 17.8 Å². The van der Waals surface area contributed by atoms with Crippen LogP contribution in [0.3, 0.4) is 0 Å². The van der Waals surface area contributed by atoms with E-state index >= 15 is 0 Å². The van der Waals surface area contributed by atoms with Gasteiger partial charge in [0.1, 0.15) is 0 Å². The highest BCUT2D eigenvalue weighted by atomic mass is 14.9. The zero-order chi connectivity index (χ0) is 10.2. The lowest BCUT2D eigenvalue weighted by molar-refractivity contribution is 0.744. The summed E-state index contributed by atoms with van der Waals surface area (Å²) in [7, 11) is 0. The second kappa shape index (κ2) is 6.10. The van der Waals surface area contributed by atoms with Gasteiger partial charge in [0.05, 0.1) is 0 Å². The van der Waals surface area contributed by atoms with Crippen LogP contribution < -0.4 is 5.32 Å². The van der Waals surface area contributed by atoms with Gasteiger partial charge >= 0.3 is 0 Å². The normalized spacial score (nSPS) is 9.43. The SMILES string of the molecule is C#Cc1ccc(NCCCCC)cc1. The van der Waals surface area contributed by atoms with Crippen molar-refractivity contribution in [1.82, 2.24) is 0 Å². The van der Waals surface area contributed by atoms with E-state index in [4.69, 9.17) is 6.42 Å². The van der Waals surface area contributed by atoms with Crippen LogP contribution in [0.15, 0.2) is 24.3 Å². The van der Waals surface area contributed by atoms with Gasteiger partial charge in [-0.25, -0.2) is 0 Å². The molecule has 14 heavy (non-hydrogen) atoms. The fourth-order valence-electron chi connectivity index (χ4n) is 1.29. The van der Waals surface area contributed by atoms with Crippen molar-refractivity contribution in [2.24, 2.45) is 0 Å². The summed E-state index contributed by atoms with van der Waals surface area (Å²) in [4.78, 5) is 0. The first-order valence-electron chi connectivity index (χ1n) is 5.17. The van der Waals surface area contributed by atoms with Crippen molar-refractivity contribution in [1.29, 1.82) is 0 Å². The topological polar surface area (TPSA) is 12.0 Å². The van der Waals surface area contributed by atoms with Crippen LogP contribution in [-0.4, -0.2) is 6.54 Å². The van der Waals surface area contributed by atoms with Gasteiger partial charge in [0.2, 0.25) is 0 Å². The van der Waals surface area contributed by atoms with Crippen molar-refractivity contribution in [2.75, 3.05) is 11.9 Å². The summed E-state index contributed by atoms with van der Waals surface area (Å²) in [6, 6.07) is 7.98. The molecule has 1 aromatic rings. The smallest absolute Gasteiger partial charge is 0.0341 e. The number of benzene rings is 1. The summed E-state index contributed by atoms with van der Waals surface area (Å²) in [6.45, 7) is 3.25. The van der Waals surface area contributed by atoms with Gasteiger partial charge in [-0.1, -0.05) is 25.7 Å². The number of hydrogen-bond donors (Lipinski definition) is 1. The number of hydrogen-bond acceptors (Lipinski definition) is 1. The van der Waals surface area contributed by atoms with Crippen LogP contribution in [-0.2, 0) is 0 Å². The van der Waals surface area contributed by atoms with Gasteiger partial charge < -0.3 is 5.32 Å². The third-order valence-electron chi connectivity index (χ3n) is 2.16. The Morgan fingerprint density at radius 3 is 2.50 bits per heavy atom. The second-order valence-electron chi connectivity index (χ2n) is 3.36. The monoisotopic (exact) mass is 187 g/mol. The molecule has 0 aliphatic heterocycles. The first-order chi connectivity index (χ1) is 6.86. The van der Waals surface area contributed by atoms with Crippen molar-refractivity contribution < 1.29 is 0 Å². The Balaban J connectivity index is 2.33. The Kier molecular flexibility index (Phi) is 4.64. The van der Waals surface area contributed by atoms with E-state index in [0.717, 1.165) is 17.8 Å². The maximum Gasteiger partial charge on any atom is 0.0341 e. The van der Waals surface area contributed by atoms with Gasteiger partial charge in [0.15, 0.2) is 0 Å². The summed E-state index contributed by atoms with van der Waals surface area (Å²) < 4.78 is 0. The summed E-state index contributed by atoms with van der Waals surface area (Å²) in [5.41, 5.74) is 2.09. The molecule has 1 heteroatoms. The molecule has 0 saturated heterocycles. The lowest BCUT2D eigenvalue weighted by atomic mass is 10.2. The van der Waals surface area contributed by atoms with E-state index in [1.165, 1.54) is 19.3 Å². The third kappa shape index (κ3) is 3.53. The largest absolute Gasteiger partial charge is 0.385 e. The van der Waals surface area contributed by atoms with Crippen LogP contribution >= 0.6 is 0 Å². The summed E-state index contributed by atoms with van der Waals surface area (Å²) >= 11 is 0. The molecule has 0 radical (unpaired) electrons. The predicted molar refractivity (Wildman–Crippen MR) is 62.4 cm³/mol. The lowest BCUT2D eigenvalue weighted by Crippen LogP contribution is -2.00. The molecule has 74 valence electrons. The van der Waals surface area contributed by atoms with E-state index in [1.54, 1.807) is 0 Å². The molecule has 0 aromatic heterocycles. The standard InChI is InChI=1S/C13H17N/c1-3-5-6-11-14-13-9-7-12(4-2)8-10-13/h2,7-10,14H,3,5-6,11H2,1H3. The van der Waals surface area contributed by atoms with Gasteiger partial charge in [-0.15, -0.1) is 6.42 Å². The van der Waals surface area contributed by atoms with Crippen molar-refractivity contribution in [3.8, 4) is 12.3 Å². The van der Waals surface area contributed by atoms with Crippen LogP contribution in [0.4, 0.5) is 5.69 Å². The van der Waals surface area contributed by atoms with E-state index in [1.807, 2.05) is 24.3 Å². The highest BCUT2D eigenvalue weighted by Crippen LogP contribution is 2.08. The van der Waals surface area contributed by atoms with Crippen LogP contribution in [0.25, 0.3) is 0 Å². The van der Waals surface area contributed by atoms with Gasteiger partial charge in [-0.2, -0.15) is 0 Å². The summed E-state index contributed by atoms with van der Waals surface area (Å²) in [5, 5.41) is 3.36. The molecule has 1 nitrogen and oxygen atoms in total. The van der Waals surface area contributed by atoms with Gasteiger partial charge in [0.25, 0.3) is 0 Å². The Labute approximate surface area is 86.5 Å². The maximum absolute atomic E-state index is 5.27. The van der Waals surface area contributed by atoms with Crippen LogP contribution in [0.1, 0.15) is 31.7 Å². The highest BCUT2D eigenvalue weighted by molar-refractivity contribution is 5.47. The van der Waals surface area contributed by atoms with Gasteiger partial charge in [-0.05, 0) is 30.7 Å². The Morgan fingerprint density at radius 1 is 1.21 bits per heavy atom. The van der Waals surface area contributed by atoms with Crippen molar-refractivity contribution in [3.05, 3.63) is 29.8 Å². The van der Waals surface area contributed by atoms with Crippen molar-refractivity contribution in [2.45, 2.75) is 26.2 Å². The lowest BCUT2D eigenvalue weighted by Gasteiger charge is -2.05. The number of terminal acetylenes is 1. The molecule has 1 aromatic carbocycles. The zero-order valence-electron chi connectivity index (χ0n) is 8.72. The number of rotatable bonds is 5. The fourth-order valence-corrected chi connectivity index (χ4v) is 1.29. The molecule has 0 heterocycles. The minimum absolute atomic E-state index is 0.934. The van der Waals surface area contributed by atoms with E-state index in [-0.39, 0.29) is 0 Å². The molecule has 0 amide bonds. The molecule has 0 fully saturated rings. The van der Waals surface area contributed by atoms with E-state index < -0.39 is 0 Å². The van der Waals surface area contributed by atoms with E-state index in [0.29, 0.717) is 0 Å². The minimum atomic E-state index is 0.934. The molecule has 1 rings (SSSR count). The maximum atomic E-state index is 5.27. The quantitative estimate of drug-likeness (QED) is 0.551. The molecule has 0 aliphatic carbocycles. The molecular formula is C13H17N. The van der Waals surface area contributed by atoms with E-state index in [2.05, 4.69) is 18.2 Å². The summed E-state index contributed by atoms with van der Waals surface area (Å²) in [5.74, 6) is 2.60. The van der Waals surface area contributed by atoms with E-state index in [9.17, 15) is 0 Å². The fraction of sp³-hybridized carbons (Fsp3) is 0.385. The molecule has 0 saturated carbocycles. The Bertz CT molecular complexity index is 292. The first kappa shape index (κ1) is 10.7. The highest BCUT2D eigenvalue weighted by Gasteiger charge is 1.91. The number of unbranched alkanes of at least 4 members (excludes halogenated alkanes) is 2. The summed E-state index contributed by atoms with van der Waals surface area (Å²) in [6.07, 6.45) is 9.05. The second-order valence-corrected chi connectivity index (χ2v) is 3.36. The molecule has 0 spiro atoms. The number of anilines is 1. The minimum Gasteiger partial charge on any atom is -0.385 e. The van der Waals surface area contributed by atoms with Crippen molar-refractivity contribution >= 4 is 5.69 Å². The van der Waals surface area contributed by atoms with Crippen LogP contribution in [0.2, 0.25) is 0 Å². The average molecular weight is 187 g/mol. The van der Waals surface area contributed by atoms with Gasteiger partial charge in [-0.3, -0.25) is 0 Å². The zero-order valence-corrected chi connectivity index (χ0v) is 8.72. The molecule has 1 N–H and O–H groups in total. The molecular weight excluding hydrogens is 170 g/mol. The molecule has 0 unspecified atom stereocenters. The van der Waals surface area contributed by atoms with Crippen molar-refractivity contribution in [3.63, 3.8) is 0 Å².